The van der Waals surface area contributed by atoms with Crippen molar-refractivity contribution < 1.29 is 18.0 Å². The van der Waals surface area contributed by atoms with Crippen molar-refractivity contribution in [3.8, 4) is 0 Å². The van der Waals surface area contributed by atoms with Gasteiger partial charge in [0.2, 0.25) is 0 Å². The number of hydrogen-bond acceptors (Lipinski definition) is 6. The summed E-state index contributed by atoms with van der Waals surface area (Å²) in [4.78, 5) is 27.0. The lowest BCUT2D eigenvalue weighted by Gasteiger charge is -2.37. The smallest absolute Gasteiger partial charge is 0.280 e. The van der Waals surface area contributed by atoms with E-state index in [1.165, 1.54) is 23.3 Å². The lowest BCUT2D eigenvalue weighted by molar-refractivity contribution is 0.0667. The van der Waals surface area contributed by atoms with Gasteiger partial charge in [0.25, 0.3) is 18.1 Å². The Labute approximate surface area is 169 Å². The maximum Gasteiger partial charge on any atom is 0.280 e. The largest absolute Gasteiger partial charge is 0.443 e. The number of oxazole rings is 1. The van der Waals surface area contributed by atoms with Gasteiger partial charge in [-0.25, -0.2) is 23.3 Å². The summed E-state index contributed by atoms with van der Waals surface area (Å²) in [6.07, 6.45) is 0.621. The van der Waals surface area contributed by atoms with Crippen LogP contribution in [0.3, 0.4) is 0 Å². The van der Waals surface area contributed by atoms with E-state index in [-0.39, 0.29) is 29.2 Å². The van der Waals surface area contributed by atoms with Gasteiger partial charge < -0.3 is 9.32 Å². The molecule has 30 heavy (non-hydrogen) atoms. The molecule has 10 heteroatoms. The van der Waals surface area contributed by atoms with Gasteiger partial charge in [-0.1, -0.05) is 13.0 Å². The van der Waals surface area contributed by atoms with E-state index in [1.807, 2.05) is 0 Å². The summed E-state index contributed by atoms with van der Waals surface area (Å²) >= 11 is 0. The number of piperidine rings is 1. The summed E-state index contributed by atoms with van der Waals surface area (Å²) in [5.74, 6) is -0.0590. The van der Waals surface area contributed by atoms with Crippen LogP contribution in [0.4, 0.5) is 8.78 Å². The number of halogens is 2. The van der Waals surface area contributed by atoms with Crippen molar-refractivity contribution in [3.05, 3.63) is 53.9 Å². The molecule has 4 aromatic rings. The molecule has 1 aliphatic heterocycles. The monoisotopic (exact) mass is 412 g/mol. The van der Waals surface area contributed by atoms with Gasteiger partial charge in [-0.3, -0.25) is 4.79 Å². The number of rotatable bonds is 3. The summed E-state index contributed by atoms with van der Waals surface area (Å²) in [6, 6.07) is 6.60. The first kappa shape index (κ1) is 18.6. The van der Waals surface area contributed by atoms with E-state index in [4.69, 9.17) is 4.42 Å². The van der Waals surface area contributed by atoms with Crippen LogP contribution in [0.1, 0.15) is 47.4 Å². The van der Waals surface area contributed by atoms with Crippen molar-refractivity contribution in [2.24, 2.45) is 5.92 Å². The second-order valence-electron chi connectivity index (χ2n) is 7.51. The van der Waals surface area contributed by atoms with Gasteiger partial charge in [0, 0.05) is 19.0 Å². The third-order valence-electron chi connectivity index (χ3n) is 5.74. The molecule has 1 amide bonds. The van der Waals surface area contributed by atoms with Crippen LogP contribution in [0.5, 0.6) is 0 Å². The molecule has 4 heterocycles. The Morgan fingerprint density at radius 1 is 1.30 bits per heavy atom. The fraction of sp³-hybridized carbons (Fsp3) is 0.350. The standard InChI is InChI=1S/C20H18F2N6O2/c1-11-5-6-27(19(29)12-3-2-4-16-17(12)24-10-30-16)8-13(11)15-7-14(18(21)22)26-20-23-9-25-28(15)20/h2-4,7,9-11,13,18H,5-6,8H2,1H3/t11-,13-/m1/s1. The van der Waals surface area contributed by atoms with Gasteiger partial charge >= 0.3 is 0 Å². The fourth-order valence-electron chi connectivity index (χ4n) is 4.10. The Kier molecular flexibility index (Phi) is 4.41. The third-order valence-corrected chi connectivity index (χ3v) is 5.74. The van der Waals surface area contributed by atoms with Crippen molar-refractivity contribution in [2.45, 2.75) is 25.7 Å². The molecule has 0 N–H and O–H groups in total. The number of fused-ring (bicyclic) bond motifs is 2. The molecule has 0 bridgehead atoms. The lowest BCUT2D eigenvalue weighted by atomic mass is 9.84. The zero-order valence-electron chi connectivity index (χ0n) is 16.1. The van der Waals surface area contributed by atoms with Gasteiger partial charge in [0.05, 0.1) is 11.3 Å². The zero-order valence-corrected chi connectivity index (χ0v) is 16.1. The Hall–Kier alpha value is -3.43. The number of alkyl halides is 2. The molecule has 1 fully saturated rings. The van der Waals surface area contributed by atoms with Crippen molar-refractivity contribution in [2.75, 3.05) is 13.1 Å². The second kappa shape index (κ2) is 7.12. The molecular weight excluding hydrogens is 394 g/mol. The van der Waals surface area contributed by atoms with Gasteiger partial charge in [-0.2, -0.15) is 10.1 Å². The highest BCUT2D eigenvalue weighted by Gasteiger charge is 2.33. The second-order valence-corrected chi connectivity index (χ2v) is 7.51. The number of amides is 1. The molecule has 1 aliphatic rings. The van der Waals surface area contributed by atoms with E-state index in [9.17, 15) is 13.6 Å². The fourth-order valence-corrected chi connectivity index (χ4v) is 4.10. The molecule has 0 radical (unpaired) electrons. The molecule has 154 valence electrons. The number of nitrogens with zero attached hydrogens (tertiary/aromatic N) is 6. The number of benzene rings is 1. The van der Waals surface area contributed by atoms with Crippen LogP contribution >= 0.6 is 0 Å². The Bertz CT molecular complexity index is 1240. The van der Waals surface area contributed by atoms with Crippen LogP contribution in [0, 0.1) is 5.92 Å². The molecule has 0 spiro atoms. The molecule has 3 aromatic heterocycles. The number of carbonyl (C=O) groups excluding carboxylic acids is 1. The number of carbonyl (C=O) groups is 1. The molecule has 1 aromatic carbocycles. The van der Waals surface area contributed by atoms with E-state index in [0.29, 0.717) is 35.4 Å². The van der Waals surface area contributed by atoms with Gasteiger partial charge in [0.1, 0.15) is 17.5 Å². The van der Waals surface area contributed by atoms with Crippen molar-refractivity contribution in [3.63, 3.8) is 0 Å². The molecule has 0 saturated carbocycles. The predicted octanol–water partition coefficient (Wildman–Crippen LogP) is 3.47. The summed E-state index contributed by atoms with van der Waals surface area (Å²) in [5.41, 5.74) is 1.76. The van der Waals surface area contributed by atoms with Crippen LogP contribution in [0.2, 0.25) is 0 Å². The first-order chi connectivity index (χ1) is 14.5. The molecule has 2 atom stereocenters. The molecule has 8 nitrogen and oxygen atoms in total. The van der Waals surface area contributed by atoms with Gasteiger partial charge in [-0.15, -0.1) is 0 Å². The molecule has 1 saturated heterocycles. The maximum absolute atomic E-state index is 13.4. The zero-order chi connectivity index (χ0) is 20.8. The first-order valence-electron chi connectivity index (χ1n) is 9.63. The summed E-state index contributed by atoms with van der Waals surface area (Å²) in [5, 5.41) is 4.16. The highest BCUT2D eigenvalue weighted by atomic mass is 19.3. The van der Waals surface area contributed by atoms with E-state index in [0.717, 1.165) is 6.42 Å². The van der Waals surface area contributed by atoms with Gasteiger partial charge in [-0.05, 0) is 30.5 Å². The number of likely N-dealkylation sites (tertiary alicyclic amines) is 1. The normalized spacial score (nSPS) is 19.8. The molecular formula is C20H18F2N6O2. The highest BCUT2D eigenvalue weighted by Crippen LogP contribution is 2.34. The van der Waals surface area contributed by atoms with E-state index in [1.54, 1.807) is 23.1 Å². The van der Waals surface area contributed by atoms with Crippen molar-refractivity contribution in [1.29, 1.82) is 0 Å². The summed E-state index contributed by atoms with van der Waals surface area (Å²) in [7, 11) is 0. The highest BCUT2D eigenvalue weighted by molar-refractivity contribution is 6.04. The van der Waals surface area contributed by atoms with Crippen LogP contribution < -0.4 is 0 Å². The van der Waals surface area contributed by atoms with Crippen molar-refractivity contribution >= 4 is 22.8 Å². The number of aromatic nitrogens is 5. The minimum atomic E-state index is -2.72. The lowest BCUT2D eigenvalue weighted by Crippen LogP contribution is -2.42. The Morgan fingerprint density at radius 3 is 3.00 bits per heavy atom. The predicted molar refractivity (Wildman–Crippen MR) is 102 cm³/mol. The average molecular weight is 412 g/mol. The summed E-state index contributed by atoms with van der Waals surface area (Å²) < 4.78 is 33.6. The van der Waals surface area contributed by atoms with Gasteiger partial charge in [0.15, 0.2) is 12.0 Å². The molecule has 5 rings (SSSR count). The van der Waals surface area contributed by atoms with Crippen LogP contribution in [-0.2, 0) is 0 Å². The van der Waals surface area contributed by atoms with Crippen LogP contribution in [-0.4, -0.2) is 48.5 Å². The minimum Gasteiger partial charge on any atom is -0.443 e. The number of hydrogen-bond donors (Lipinski definition) is 0. The van der Waals surface area contributed by atoms with Crippen LogP contribution in [0.15, 0.2) is 41.4 Å². The van der Waals surface area contributed by atoms with Crippen molar-refractivity contribution in [1.82, 2.24) is 29.5 Å². The third kappa shape index (κ3) is 2.99. The number of para-hydroxylation sites is 1. The van der Waals surface area contributed by atoms with E-state index >= 15 is 0 Å². The molecule has 0 aliphatic carbocycles. The van der Waals surface area contributed by atoms with Crippen LogP contribution in [0.25, 0.3) is 16.9 Å². The molecule has 0 unspecified atom stereocenters. The maximum atomic E-state index is 13.4. The Morgan fingerprint density at radius 2 is 2.17 bits per heavy atom. The van der Waals surface area contributed by atoms with E-state index in [2.05, 4.69) is 27.0 Å². The van der Waals surface area contributed by atoms with E-state index < -0.39 is 6.43 Å². The SMILES string of the molecule is C[C@@H]1CCN(C(=O)c2cccc3ocnc23)C[C@H]1c1cc(C(F)F)nc2ncnn12. The minimum absolute atomic E-state index is 0.130. The average Bonchev–Trinajstić information content (AvgIpc) is 3.42. The topological polar surface area (TPSA) is 89.4 Å². The Balaban J connectivity index is 1.52. The first-order valence-corrected chi connectivity index (χ1v) is 9.63. The quantitative estimate of drug-likeness (QED) is 0.512. The summed E-state index contributed by atoms with van der Waals surface area (Å²) in [6.45, 7) is 2.99.